The van der Waals surface area contributed by atoms with Gasteiger partial charge in [0.15, 0.2) is 0 Å². The molecule has 0 radical (unpaired) electrons. The van der Waals surface area contributed by atoms with Crippen molar-refractivity contribution in [3.05, 3.63) is 42.0 Å². The molecule has 4 atom stereocenters. The highest BCUT2D eigenvalue weighted by atomic mass is 16.4. The van der Waals surface area contributed by atoms with Crippen molar-refractivity contribution in [2.45, 2.75) is 60.3 Å². The van der Waals surface area contributed by atoms with E-state index in [-0.39, 0.29) is 0 Å². The minimum absolute atomic E-state index is 0.431. The molecule has 0 spiro atoms. The lowest BCUT2D eigenvalue weighted by Gasteiger charge is -2.57. The molecule has 2 nitrogen and oxygen atoms in total. The standard InChI is InChI=1S/C24H35NO/c1-16-13-21-22(24(5,6)12-11-23(21,3)4)14-20(16)17(2)19-9-7-18(8-10-19)15-25-26/h7-10,15-16,20-22,26H,2,11-14H2,1,3-6H3. The van der Waals surface area contributed by atoms with Crippen molar-refractivity contribution in [1.82, 2.24) is 0 Å². The lowest BCUT2D eigenvalue weighted by molar-refractivity contribution is -0.0665. The van der Waals surface area contributed by atoms with Crippen molar-refractivity contribution >= 4 is 11.8 Å². The number of oxime groups is 1. The van der Waals surface area contributed by atoms with Gasteiger partial charge in [-0.3, -0.25) is 0 Å². The molecular formula is C24H35NO. The topological polar surface area (TPSA) is 32.6 Å². The minimum Gasteiger partial charge on any atom is -0.411 e. The molecule has 2 heteroatoms. The molecule has 3 rings (SSSR count). The number of hydrogen-bond acceptors (Lipinski definition) is 2. The molecule has 0 saturated heterocycles. The molecule has 4 unspecified atom stereocenters. The summed E-state index contributed by atoms with van der Waals surface area (Å²) in [5, 5.41) is 11.8. The van der Waals surface area contributed by atoms with E-state index in [1.807, 2.05) is 12.1 Å². The molecule has 26 heavy (non-hydrogen) atoms. The number of nitrogens with zero attached hydrogens (tertiary/aromatic N) is 1. The highest BCUT2D eigenvalue weighted by Gasteiger charge is 2.51. The number of benzene rings is 1. The minimum atomic E-state index is 0.431. The smallest absolute Gasteiger partial charge is 0.0733 e. The predicted octanol–water partition coefficient (Wildman–Crippen LogP) is 6.63. The van der Waals surface area contributed by atoms with Crippen LogP contribution in [0.4, 0.5) is 0 Å². The van der Waals surface area contributed by atoms with E-state index >= 15 is 0 Å². The summed E-state index contributed by atoms with van der Waals surface area (Å²) >= 11 is 0. The fourth-order valence-corrected chi connectivity index (χ4v) is 5.69. The van der Waals surface area contributed by atoms with E-state index in [9.17, 15) is 0 Å². The monoisotopic (exact) mass is 353 g/mol. The van der Waals surface area contributed by atoms with E-state index in [1.165, 1.54) is 43.0 Å². The van der Waals surface area contributed by atoms with Gasteiger partial charge in [-0.25, -0.2) is 0 Å². The van der Waals surface area contributed by atoms with Gasteiger partial charge in [-0.1, -0.05) is 70.6 Å². The molecule has 2 aliphatic rings. The quantitative estimate of drug-likeness (QED) is 0.369. The second-order valence-corrected chi connectivity index (χ2v) is 10.1. The molecule has 2 fully saturated rings. The summed E-state index contributed by atoms with van der Waals surface area (Å²) in [5.41, 5.74) is 4.31. The van der Waals surface area contributed by atoms with E-state index in [0.717, 1.165) is 17.4 Å². The van der Waals surface area contributed by atoms with Crippen LogP contribution in [0.1, 0.15) is 71.4 Å². The number of hydrogen-bond donors (Lipinski definition) is 1. The van der Waals surface area contributed by atoms with Crippen LogP contribution in [-0.4, -0.2) is 11.4 Å². The third-order valence-electron chi connectivity index (χ3n) is 7.66. The van der Waals surface area contributed by atoms with Crippen molar-refractivity contribution in [3.8, 4) is 0 Å². The Balaban J connectivity index is 1.83. The van der Waals surface area contributed by atoms with Crippen LogP contribution in [0.3, 0.4) is 0 Å². The van der Waals surface area contributed by atoms with Crippen LogP contribution in [0.15, 0.2) is 36.0 Å². The van der Waals surface area contributed by atoms with Crippen molar-refractivity contribution in [3.63, 3.8) is 0 Å². The van der Waals surface area contributed by atoms with Gasteiger partial charge in [0.25, 0.3) is 0 Å². The van der Waals surface area contributed by atoms with Crippen molar-refractivity contribution in [2.75, 3.05) is 0 Å². The fraction of sp³-hybridized carbons (Fsp3) is 0.625. The molecule has 2 saturated carbocycles. The van der Waals surface area contributed by atoms with Crippen molar-refractivity contribution in [1.29, 1.82) is 0 Å². The van der Waals surface area contributed by atoms with Gasteiger partial charge in [0.2, 0.25) is 0 Å². The van der Waals surface area contributed by atoms with Crippen LogP contribution >= 0.6 is 0 Å². The number of fused-ring (bicyclic) bond motifs is 1. The summed E-state index contributed by atoms with van der Waals surface area (Å²) in [6.07, 6.45) is 6.74. The van der Waals surface area contributed by atoms with E-state index in [0.29, 0.717) is 22.7 Å². The van der Waals surface area contributed by atoms with Crippen molar-refractivity contribution < 1.29 is 5.21 Å². The van der Waals surface area contributed by atoms with Gasteiger partial charge < -0.3 is 5.21 Å². The molecule has 142 valence electrons. The molecule has 0 aromatic heterocycles. The fourth-order valence-electron chi connectivity index (χ4n) is 5.69. The third-order valence-corrected chi connectivity index (χ3v) is 7.66. The highest BCUT2D eigenvalue weighted by Crippen LogP contribution is 2.60. The maximum Gasteiger partial charge on any atom is 0.0733 e. The second-order valence-electron chi connectivity index (χ2n) is 10.1. The van der Waals surface area contributed by atoms with Gasteiger partial charge in [-0.2, -0.15) is 0 Å². The van der Waals surface area contributed by atoms with E-state index < -0.39 is 0 Å². The Morgan fingerprint density at radius 2 is 1.58 bits per heavy atom. The van der Waals surface area contributed by atoms with Crippen LogP contribution in [-0.2, 0) is 0 Å². The Morgan fingerprint density at radius 1 is 1.04 bits per heavy atom. The Kier molecular flexibility index (Phi) is 5.07. The molecule has 0 heterocycles. The van der Waals surface area contributed by atoms with E-state index in [2.05, 4.69) is 58.5 Å². The molecule has 0 bridgehead atoms. The van der Waals surface area contributed by atoms with E-state index in [4.69, 9.17) is 5.21 Å². The highest BCUT2D eigenvalue weighted by molar-refractivity contribution is 5.80. The maximum atomic E-state index is 8.69. The van der Waals surface area contributed by atoms with Crippen LogP contribution < -0.4 is 0 Å². The molecule has 1 N–H and O–H groups in total. The maximum absolute atomic E-state index is 8.69. The normalized spacial score (nSPS) is 33.0. The van der Waals surface area contributed by atoms with Gasteiger partial charge in [-0.05, 0) is 76.9 Å². The SMILES string of the molecule is C=C(c1ccc(C=NO)cc1)C1CC2C(CC1C)C(C)(C)CCC2(C)C. The first kappa shape index (κ1) is 19.2. The van der Waals surface area contributed by atoms with Crippen molar-refractivity contribution in [2.24, 2.45) is 39.7 Å². The zero-order valence-corrected chi connectivity index (χ0v) is 17.1. The van der Waals surface area contributed by atoms with Gasteiger partial charge in [0, 0.05) is 0 Å². The second kappa shape index (κ2) is 6.87. The average molecular weight is 354 g/mol. The average Bonchev–Trinajstić information content (AvgIpc) is 2.59. The van der Waals surface area contributed by atoms with Crippen LogP contribution in [0.5, 0.6) is 0 Å². The summed E-state index contributed by atoms with van der Waals surface area (Å²) < 4.78 is 0. The molecule has 0 aliphatic heterocycles. The van der Waals surface area contributed by atoms with Gasteiger partial charge in [0.05, 0.1) is 6.21 Å². The van der Waals surface area contributed by atoms with Crippen LogP contribution in [0, 0.1) is 34.5 Å². The van der Waals surface area contributed by atoms with Crippen LogP contribution in [0.25, 0.3) is 5.57 Å². The summed E-state index contributed by atoms with van der Waals surface area (Å²) in [6, 6.07) is 8.25. The Hall–Kier alpha value is -1.57. The zero-order chi connectivity index (χ0) is 19.1. The lowest BCUT2D eigenvalue weighted by atomic mass is 9.48. The Morgan fingerprint density at radius 3 is 2.12 bits per heavy atom. The number of rotatable bonds is 3. The van der Waals surface area contributed by atoms with Gasteiger partial charge in [-0.15, -0.1) is 0 Å². The zero-order valence-electron chi connectivity index (χ0n) is 17.1. The first-order valence-corrected chi connectivity index (χ1v) is 10.1. The Bertz CT molecular complexity index is 683. The lowest BCUT2D eigenvalue weighted by Crippen LogP contribution is -2.49. The number of allylic oxidation sites excluding steroid dienone is 1. The summed E-state index contributed by atoms with van der Waals surface area (Å²) in [5.74, 6) is 2.84. The summed E-state index contributed by atoms with van der Waals surface area (Å²) in [4.78, 5) is 0. The summed E-state index contributed by atoms with van der Waals surface area (Å²) in [6.45, 7) is 16.9. The molecule has 2 aliphatic carbocycles. The largest absolute Gasteiger partial charge is 0.411 e. The first-order valence-electron chi connectivity index (χ1n) is 10.1. The molecule has 1 aromatic rings. The summed E-state index contributed by atoms with van der Waals surface area (Å²) in [7, 11) is 0. The predicted molar refractivity (Wildman–Crippen MR) is 111 cm³/mol. The van der Waals surface area contributed by atoms with Gasteiger partial charge >= 0.3 is 0 Å². The van der Waals surface area contributed by atoms with Gasteiger partial charge in [0.1, 0.15) is 0 Å². The van der Waals surface area contributed by atoms with E-state index in [1.54, 1.807) is 0 Å². The molecular weight excluding hydrogens is 318 g/mol. The molecule has 0 amide bonds. The molecule has 1 aromatic carbocycles. The Labute approximate surface area is 159 Å². The van der Waals surface area contributed by atoms with Crippen LogP contribution in [0.2, 0.25) is 0 Å². The third kappa shape index (κ3) is 3.48. The first-order chi connectivity index (χ1) is 12.2.